The van der Waals surface area contributed by atoms with Crippen molar-refractivity contribution in [3.05, 3.63) is 71.0 Å². The van der Waals surface area contributed by atoms with Crippen LogP contribution in [0.15, 0.2) is 48.5 Å². The molecule has 2 rings (SSSR count). The molecule has 20 heavy (non-hydrogen) atoms. The Kier molecular flexibility index (Phi) is 4.06. The largest absolute Gasteiger partial charge is 0.416 e. The molecule has 0 bridgehead atoms. The summed E-state index contributed by atoms with van der Waals surface area (Å²) in [5, 5.41) is 0. The van der Waals surface area contributed by atoms with E-state index in [9.17, 15) is 17.6 Å². The van der Waals surface area contributed by atoms with Crippen molar-refractivity contribution in [2.45, 2.75) is 12.2 Å². The molecule has 2 aromatic rings. The Labute approximate surface area is 113 Å². The summed E-state index contributed by atoms with van der Waals surface area (Å²) < 4.78 is 51.9. The zero-order valence-electron chi connectivity index (χ0n) is 10.3. The van der Waals surface area contributed by atoms with Gasteiger partial charge in [-0.15, -0.1) is 0 Å². The molecule has 0 saturated carbocycles. The molecule has 2 aromatic carbocycles. The van der Waals surface area contributed by atoms with Crippen LogP contribution in [0.25, 0.3) is 0 Å². The van der Waals surface area contributed by atoms with Gasteiger partial charge >= 0.3 is 6.18 Å². The molecule has 0 saturated heterocycles. The number of hydrazine groups is 1. The second kappa shape index (κ2) is 5.60. The average molecular weight is 284 g/mol. The number of alkyl halides is 3. The van der Waals surface area contributed by atoms with Crippen molar-refractivity contribution in [3.8, 4) is 0 Å². The van der Waals surface area contributed by atoms with Crippen molar-refractivity contribution in [1.82, 2.24) is 5.43 Å². The maximum atomic E-state index is 13.8. The Balaban J connectivity index is 2.50. The van der Waals surface area contributed by atoms with Gasteiger partial charge in [-0.3, -0.25) is 5.84 Å². The lowest BCUT2D eigenvalue weighted by molar-refractivity contribution is -0.137. The Hall–Kier alpha value is -1.92. The van der Waals surface area contributed by atoms with Gasteiger partial charge in [0.2, 0.25) is 0 Å². The molecule has 0 unspecified atom stereocenters. The lowest BCUT2D eigenvalue weighted by atomic mass is 9.97. The Morgan fingerprint density at radius 1 is 1.00 bits per heavy atom. The fourth-order valence-electron chi connectivity index (χ4n) is 1.95. The molecule has 1 atom stereocenters. The van der Waals surface area contributed by atoms with Gasteiger partial charge in [0.15, 0.2) is 0 Å². The summed E-state index contributed by atoms with van der Waals surface area (Å²) in [5.41, 5.74) is 1.87. The first-order chi connectivity index (χ1) is 9.43. The van der Waals surface area contributed by atoms with E-state index < -0.39 is 23.6 Å². The molecule has 0 radical (unpaired) electrons. The third-order valence-corrected chi connectivity index (χ3v) is 2.93. The van der Waals surface area contributed by atoms with Gasteiger partial charge in [0, 0.05) is 5.56 Å². The van der Waals surface area contributed by atoms with Crippen LogP contribution in [0.5, 0.6) is 0 Å². The number of benzene rings is 2. The monoisotopic (exact) mass is 284 g/mol. The third-order valence-electron chi connectivity index (χ3n) is 2.93. The zero-order valence-corrected chi connectivity index (χ0v) is 10.3. The highest BCUT2D eigenvalue weighted by molar-refractivity contribution is 5.36. The number of hydrogen-bond acceptors (Lipinski definition) is 2. The van der Waals surface area contributed by atoms with Crippen LogP contribution in [0.3, 0.4) is 0 Å². The third kappa shape index (κ3) is 2.97. The van der Waals surface area contributed by atoms with Crippen LogP contribution >= 0.6 is 0 Å². The Morgan fingerprint density at radius 2 is 1.65 bits per heavy atom. The van der Waals surface area contributed by atoms with E-state index in [2.05, 4.69) is 5.43 Å². The summed E-state index contributed by atoms with van der Waals surface area (Å²) in [6.45, 7) is 0. The van der Waals surface area contributed by atoms with E-state index in [4.69, 9.17) is 5.84 Å². The molecule has 0 spiro atoms. The SMILES string of the molecule is NN[C@@H](c1ccccc1)c1cc(C(F)(F)F)ccc1F. The molecule has 3 N–H and O–H groups in total. The molecular formula is C14H12F4N2. The van der Waals surface area contributed by atoms with E-state index in [1.807, 2.05) is 0 Å². The molecule has 0 aliphatic carbocycles. The van der Waals surface area contributed by atoms with Crippen molar-refractivity contribution in [1.29, 1.82) is 0 Å². The van der Waals surface area contributed by atoms with Crippen molar-refractivity contribution in [2.24, 2.45) is 5.84 Å². The van der Waals surface area contributed by atoms with Crippen LogP contribution in [0.2, 0.25) is 0 Å². The van der Waals surface area contributed by atoms with Crippen molar-refractivity contribution in [2.75, 3.05) is 0 Å². The highest BCUT2D eigenvalue weighted by atomic mass is 19.4. The number of nitrogens with one attached hydrogen (secondary N) is 1. The van der Waals surface area contributed by atoms with Gasteiger partial charge < -0.3 is 0 Å². The average Bonchev–Trinajstić information content (AvgIpc) is 2.41. The number of rotatable bonds is 3. The molecule has 0 aliphatic heterocycles. The van der Waals surface area contributed by atoms with E-state index in [0.717, 1.165) is 12.1 Å². The topological polar surface area (TPSA) is 38.0 Å². The predicted molar refractivity (Wildman–Crippen MR) is 67.0 cm³/mol. The molecule has 0 fully saturated rings. The highest BCUT2D eigenvalue weighted by Gasteiger charge is 2.32. The minimum Gasteiger partial charge on any atom is -0.271 e. The van der Waals surface area contributed by atoms with Crippen LogP contribution < -0.4 is 11.3 Å². The van der Waals surface area contributed by atoms with Gasteiger partial charge in [0.25, 0.3) is 0 Å². The maximum absolute atomic E-state index is 13.8. The van der Waals surface area contributed by atoms with Crippen LogP contribution in [0, 0.1) is 5.82 Å². The maximum Gasteiger partial charge on any atom is 0.416 e. The molecule has 2 nitrogen and oxygen atoms in total. The summed E-state index contributed by atoms with van der Waals surface area (Å²) in [7, 11) is 0. The minimum absolute atomic E-state index is 0.145. The molecule has 0 amide bonds. The molecule has 6 heteroatoms. The predicted octanol–water partition coefficient (Wildman–Crippen LogP) is 3.40. The number of hydrogen-bond donors (Lipinski definition) is 2. The van der Waals surface area contributed by atoms with Gasteiger partial charge in [0.05, 0.1) is 11.6 Å². The molecule has 0 aromatic heterocycles. The number of halogens is 4. The van der Waals surface area contributed by atoms with E-state index >= 15 is 0 Å². The lowest BCUT2D eigenvalue weighted by Crippen LogP contribution is -2.29. The van der Waals surface area contributed by atoms with E-state index in [0.29, 0.717) is 11.6 Å². The first kappa shape index (κ1) is 14.5. The van der Waals surface area contributed by atoms with Gasteiger partial charge in [-0.1, -0.05) is 30.3 Å². The summed E-state index contributed by atoms with van der Waals surface area (Å²) in [6, 6.07) is 9.89. The smallest absolute Gasteiger partial charge is 0.271 e. The Morgan fingerprint density at radius 3 is 2.20 bits per heavy atom. The summed E-state index contributed by atoms with van der Waals surface area (Å²) >= 11 is 0. The van der Waals surface area contributed by atoms with Crippen LogP contribution in [0.1, 0.15) is 22.7 Å². The molecule has 106 valence electrons. The van der Waals surface area contributed by atoms with Crippen molar-refractivity contribution >= 4 is 0 Å². The first-order valence-electron chi connectivity index (χ1n) is 5.81. The van der Waals surface area contributed by atoms with Gasteiger partial charge in [0.1, 0.15) is 5.82 Å². The summed E-state index contributed by atoms with van der Waals surface area (Å²) in [5.74, 6) is 4.62. The molecule has 0 aliphatic rings. The first-order valence-corrected chi connectivity index (χ1v) is 5.81. The van der Waals surface area contributed by atoms with Gasteiger partial charge in [-0.25, -0.2) is 9.82 Å². The summed E-state index contributed by atoms with van der Waals surface area (Å²) in [4.78, 5) is 0. The second-order valence-electron chi connectivity index (χ2n) is 4.24. The fraction of sp³-hybridized carbons (Fsp3) is 0.143. The lowest BCUT2D eigenvalue weighted by Gasteiger charge is -2.19. The second-order valence-corrected chi connectivity index (χ2v) is 4.24. The minimum atomic E-state index is -4.53. The molecule has 0 heterocycles. The highest BCUT2D eigenvalue weighted by Crippen LogP contribution is 2.33. The van der Waals surface area contributed by atoms with Crippen molar-refractivity contribution < 1.29 is 17.6 Å². The van der Waals surface area contributed by atoms with Crippen molar-refractivity contribution in [3.63, 3.8) is 0 Å². The number of nitrogens with two attached hydrogens (primary N) is 1. The van der Waals surface area contributed by atoms with E-state index in [1.165, 1.54) is 0 Å². The van der Waals surface area contributed by atoms with Crippen LogP contribution in [-0.2, 0) is 6.18 Å². The van der Waals surface area contributed by atoms with Crippen LogP contribution in [-0.4, -0.2) is 0 Å². The quantitative estimate of drug-likeness (QED) is 0.515. The van der Waals surface area contributed by atoms with Gasteiger partial charge in [-0.2, -0.15) is 13.2 Å². The van der Waals surface area contributed by atoms with E-state index in [1.54, 1.807) is 30.3 Å². The Bertz CT molecular complexity index is 581. The summed E-state index contributed by atoms with van der Waals surface area (Å²) in [6.07, 6.45) is -4.53. The van der Waals surface area contributed by atoms with Crippen LogP contribution in [0.4, 0.5) is 17.6 Å². The van der Waals surface area contributed by atoms with E-state index in [-0.39, 0.29) is 5.56 Å². The normalized spacial score (nSPS) is 13.2. The standard InChI is InChI=1S/C14H12F4N2/c15-12-7-6-10(14(16,17)18)8-11(12)13(20-19)9-4-2-1-3-5-9/h1-8,13,20H,19H2/t13-/m0/s1. The van der Waals surface area contributed by atoms with Gasteiger partial charge in [-0.05, 0) is 23.8 Å². The molecular weight excluding hydrogens is 272 g/mol. The fourth-order valence-corrected chi connectivity index (χ4v) is 1.95. The zero-order chi connectivity index (χ0) is 14.8.